The van der Waals surface area contributed by atoms with E-state index in [1.807, 2.05) is 6.07 Å². The number of anilines is 1. The summed E-state index contributed by atoms with van der Waals surface area (Å²) in [5.74, 6) is -0.178. The zero-order valence-corrected chi connectivity index (χ0v) is 18.9. The van der Waals surface area contributed by atoms with Crippen LogP contribution in [0.5, 0.6) is 5.75 Å². The first-order valence-corrected chi connectivity index (χ1v) is 11.7. The van der Waals surface area contributed by atoms with Gasteiger partial charge in [-0.1, -0.05) is 17.7 Å². The lowest BCUT2D eigenvalue weighted by atomic mass is 9.70. The molecule has 1 unspecified atom stereocenters. The summed E-state index contributed by atoms with van der Waals surface area (Å²) in [6.45, 7) is 4.18. The number of fused-ring (bicyclic) bond motifs is 3. The van der Waals surface area contributed by atoms with Gasteiger partial charge < -0.3 is 14.7 Å². The maximum atomic E-state index is 11.7. The number of ether oxygens (including phenoxy) is 1. The number of rotatable bonds is 3. The van der Waals surface area contributed by atoms with Crippen LogP contribution >= 0.6 is 22.9 Å². The fourth-order valence-corrected chi connectivity index (χ4v) is 6.08. The number of aryl methyl sites for hydroxylation is 2. The van der Waals surface area contributed by atoms with Crippen LogP contribution in [0.3, 0.4) is 0 Å². The van der Waals surface area contributed by atoms with E-state index in [4.69, 9.17) is 16.3 Å². The summed E-state index contributed by atoms with van der Waals surface area (Å²) in [4.78, 5) is 16.5. The molecule has 0 radical (unpaired) electrons. The number of aromatic carboxylic acids is 1. The van der Waals surface area contributed by atoms with Gasteiger partial charge in [-0.15, -0.1) is 11.3 Å². The lowest BCUT2D eigenvalue weighted by molar-refractivity contribution is 0.0697. The average Bonchev–Trinajstić information content (AvgIpc) is 3.09. The Hall–Kier alpha value is -2.50. The van der Waals surface area contributed by atoms with E-state index in [0.29, 0.717) is 6.61 Å². The van der Waals surface area contributed by atoms with E-state index in [2.05, 4.69) is 36.1 Å². The zero-order chi connectivity index (χ0) is 21.6. The second-order valence-corrected chi connectivity index (χ2v) is 10.4. The Morgan fingerprint density at radius 2 is 2.10 bits per heavy atom. The summed E-state index contributed by atoms with van der Waals surface area (Å²) in [5.41, 5.74) is 3.57. The molecule has 2 aliphatic rings. The molecule has 1 aromatic heterocycles. The molecule has 1 spiro atoms. The molecule has 3 aromatic rings. The standard InChI is InChI=1S/C25H24ClNO3S/c1-16-4-7-20(31-16)13-27-14-25(10-2-3-17-11-19(26)6-8-21(17)25)15-30-23-9-5-18(24(28)29)12-22(23)27/h4-9,11-12H,2-3,10,13-15H2,1H3,(H,28,29). The van der Waals surface area contributed by atoms with Gasteiger partial charge in [0.05, 0.1) is 24.4 Å². The van der Waals surface area contributed by atoms with Crippen molar-refractivity contribution in [3.63, 3.8) is 0 Å². The molecule has 6 heteroatoms. The molecular formula is C25H24ClNO3S. The highest BCUT2D eigenvalue weighted by atomic mass is 35.5. The Balaban J connectivity index is 1.61. The second-order valence-electron chi connectivity index (χ2n) is 8.58. The van der Waals surface area contributed by atoms with E-state index in [1.54, 1.807) is 29.5 Å². The molecule has 5 rings (SSSR count). The molecule has 2 aromatic carbocycles. The third-order valence-corrected chi connectivity index (χ3v) is 7.65. The molecule has 0 amide bonds. The first-order valence-electron chi connectivity index (χ1n) is 10.5. The predicted molar refractivity (Wildman–Crippen MR) is 125 cm³/mol. The van der Waals surface area contributed by atoms with E-state index >= 15 is 0 Å². The highest BCUT2D eigenvalue weighted by molar-refractivity contribution is 7.11. The minimum Gasteiger partial charge on any atom is -0.490 e. The molecule has 0 fully saturated rings. The maximum absolute atomic E-state index is 11.7. The number of carbonyl (C=O) groups is 1. The molecule has 1 aliphatic heterocycles. The Kier molecular flexibility index (Phi) is 5.19. The van der Waals surface area contributed by atoms with E-state index in [1.165, 1.54) is 20.9 Å². The number of thiophene rings is 1. The van der Waals surface area contributed by atoms with Crippen molar-refractivity contribution in [2.24, 2.45) is 0 Å². The van der Waals surface area contributed by atoms with Crippen LogP contribution in [-0.2, 0) is 18.4 Å². The summed E-state index contributed by atoms with van der Waals surface area (Å²) in [5, 5.41) is 10.3. The van der Waals surface area contributed by atoms with Crippen LogP contribution in [0, 0.1) is 6.92 Å². The van der Waals surface area contributed by atoms with Gasteiger partial charge in [-0.3, -0.25) is 0 Å². The molecule has 0 saturated heterocycles. The summed E-state index contributed by atoms with van der Waals surface area (Å²) in [6, 6.07) is 15.7. The third kappa shape index (κ3) is 3.81. The zero-order valence-electron chi connectivity index (χ0n) is 17.4. The van der Waals surface area contributed by atoms with Crippen LogP contribution < -0.4 is 9.64 Å². The Labute approximate surface area is 191 Å². The lowest BCUT2D eigenvalue weighted by Gasteiger charge is -2.40. The predicted octanol–water partition coefficient (Wildman–Crippen LogP) is 6.08. The van der Waals surface area contributed by atoms with Crippen molar-refractivity contribution in [2.75, 3.05) is 18.1 Å². The molecular weight excluding hydrogens is 430 g/mol. The normalized spacial score (nSPS) is 20.0. The Morgan fingerprint density at radius 3 is 2.87 bits per heavy atom. The fourth-order valence-electron chi connectivity index (χ4n) is 4.98. The van der Waals surface area contributed by atoms with Crippen molar-refractivity contribution in [1.82, 2.24) is 0 Å². The highest BCUT2D eigenvalue weighted by Gasteiger charge is 2.41. The van der Waals surface area contributed by atoms with Crippen LogP contribution in [0.2, 0.25) is 5.02 Å². The number of hydrogen-bond acceptors (Lipinski definition) is 4. The van der Waals surface area contributed by atoms with Gasteiger partial charge in [-0.05, 0) is 79.8 Å². The minimum absolute atomic E-state index is 0.160. The molecule has 160 valence electrons. The minimum atomic E-state index is -0.925. The first kappa shape index (κ1) is 20.4. The number of hydrogen-bond donors (Lipinski definition) is 1. The molecule has 0 bridgehead atoms. The smallest absolute Gasteiger partial charge is 0.335 e. The maximum Gasteiger partial charge on any atom is 0.335 e. The average molecular weight is 454 g/mol. The van der Waals surface area contributed by atoms with E-state index in [9.17, 15) is 9.90 Å². The van der Waals surface area contributed by atoms with Gasteiger partial charge in [0, 0.05) is 26.7 Å². The number of benzene rings is 2. The molecule has 1 aliphatic carbocycles. The van der Waals surface area contributed by atoms with Crippen molar-refractivity contribution >= 4 is 34.6 Å². The van der Waals surface area contributed by atoms with Gasteiger partial charge >= 0.3 is 5.97 Å². The van der Waals surface area contributed by atoms with Crippen LogP contribution in [0.1, 0.15) is 44.1 Å². The summed E-state index contributed by atoms with van der Waals surface area (Å²) in [7, 11) is 0. The lowest BCUT2D eigenvalue weighted by Crippen LogP contribution is -2.45. The van der Waals surface area contributed by atoms with E-state index < -0.39 is 5.97 Å². The van der Waals surface area contributed by atoms with Gasteiger partial charge in [0.2, 0.25) is 0 Å². The van der Waals surface area contributed by atoms with Gasteiger partial charge in [0.25, 0.3) is 0 Å². The van der Waals surface area contributed by atoms with Crippen LogP contribution in [0.4, 0.5) is 5.69 Å². The quantitative estimate of drug-likeness (QED) is 0.522. The van der Waals surface area contributed by atoms with Crippen molar-refractivity contribution in [2.45, 2.75) is 38.1 Å². The number of carboxylic acids is 1. The van der Waals surface area contributed by atoms with E-state index in [0.717, 1.165) is 48.8 Å². The Bertz CT molecular complexity index is 1160. The summed E-state index contributed by atoms with van der Waals surface area (Å²) < 4.78 is 6.37. The molecule has 4 nitrogen and oxygen atoms in total. The number of nitrogens with zero attached hydrogens (tertiary/aromatic N) is 1. The van der Waals surface area contributed by atoms with Crippen molar-refractivity contribution in [1.29, 1.82) is 0 Å². The second kappa shape index (κ2) is 7.88. The van der Waals surface area contributed by atoms with Crippen molar-refractivity contribution in [3.8, 4) is 5.75 Å². The van der Waals surface area contributed by atoms with Crippen LogP contribution in [0.15, 0.2) is 48.5 Å². The largest absolute Gasteiger partial charge is 0.490 e. The monoisotopic (exact) mass is 453 g/mol. The highest BCUT2D eigenvalue weighted by Crippen LogP contribution is 2.45. The third-order valence-electron chi connectivity index (χ3n) is 6.43. The number of carboxylic acid groups (broad SMARTS) is 1. The molecule has 0 saturated carbocycles. The first-order chi connectivity index (χ1) is 14.9. The fraction of sp³-hybridized carbons (Fsp3) is 0.320. The van der Waals surface area contributed by atoms with Crippen molar-refractivity contribution < 1.29 is 14.6 Å². The molecule has 1 N–H and O–H groups in total. The topological polar surface area (TPSA) is 49.8 Å². The molecule has 1 atom stereocenters. The summed E-state index contributed by atoms with van der Waals surface area (Å²) in [6.07, 6.45) is 3.14. The number of halogens is 1. The van der Waals surface area contributed by atoms with Crippen molar-refractivity contribution in [3.05, 3.63) is 80.0 Å². The van der Waals surface area contributed by atoms with Crippen LogP contribution in [-0.4, -0.2) is 24.2 Å². The summed E-state index contributed by atoms with van der Waals surface area (Å²) >= 11 is 8.08. The van der Waals surface area contributed by atoms with Gasteiger partial charge in [0.15, 0.2) is 0 Å². The SMILES string of the molecule is Cc1ccc(CN2CC3(CCCc4cc(Cl)ccc43)COc3ccc(C(=O)O)cc32)s1. The van der Waals surface area contributed by atoms with Gasteiger partial charge in [-0.2, -0.15) is 0 Å². The molecule has 2 heterocycles. The van der Waals surface area contributed by atoms with E-state index in [-0.39, 0.29) is 11.0 Å². The van der Waals surface area contributed by atoms with Crippen LogP contribution in [0.25, 0.3) is 0 Å². The van der Waals surface area contributed by atoms with Gasteiger partial charge in [0.1, 0.15) is 5.75 Å². The Morgan fingerprint density at radius 1 is 1.23 bits per heavy atom. The van der Waals surface area contributed by atoms with Gasteiger partial charge in [-0.25, -0.2) is 4.79 Å². The molecule has 31 heavy (non-hydrogen) atoms.